The molecule has 0 bridgehead atoms. The van der Waals surface area contributed by atoms with Gasteiger partial charge in [-0.3, -0.25) is 4.79 Å². The van der Waals surface area contributed by atoms with E-state index in [4.69, 9.17) is 4.74 Å². The van der Waals surface area contributed by atoms with Gasteiger partial charge in [0.05, 0.1) is 0 Å². The van der Waals surface area contributed by atoms with Gasteiger partial charge in [0.15, 0.2) is 6.10 Å². The molecule has 0 aliphatic rings. The molecule has 0 aromatic rings. The van der Waals surface area contributed by atoms with Crippen molar-refractivity contribution in [3.63, 3.8) is 0 Å². The van der Waals surface area contributed by atoms with Crippen LogP contribution in [0.15, 0.2) is 72.9 Å². The van der Waals surface area contributed by atoms with Gasteiger partial charge in [0.1, 0.15) is 0 Å². The lowest BCUT2D eigenvalue weighted by atomic mass is 10.0. The molecule has 1 atom stereocenters. The van der Waals surface area contributed by atoms with E-state index in [2.05, 4.69) is 86.8 Å². The number of ether oxygens (including phenoxy) is 1. The lowest BCUT2D eigenvalue weighted by Gasteiger charge is -2.13. The van der Waals surface area contributed by atoms with Gasteiger partial charge in [0.25, 0.3) is 0 Å². The van der Waals surface area contributed by atoms with Crippen LogP contribution in [-0.4, -0.2) is 23.1 Å². The third-order valence-corrected chi connectivity index (χ3v) is 7.22. The number of esters is 1. The van der Waals surface area contributed by atoms with Crippen LogP contribution >= 0.6 is 0 Å². The summed E-state index contributed by atoms with van der Waals surface area (Å²) >= 11 is 0. The van der Waals surface area contributed by atoms with Crippen molar-refractivity contribution < 1.29 is 19.4 Å². The summed E-state index contributed by atoms with van der Waals surface area (Å²) in [4.78, 5) is 23.6. The van der Waals surface area contributed by atoms with Gasteiger partial charge in [-0.1, -0.05) is 151 Å². The highest BCUT2D eigenvalue weighted by molar-refractivity contribution is 5.77. The molecule has 1 unspecified atom stereocenters. The van der Waals surface area contributed by atoms with Gasteiger partial charge in [0, 0.05) is 6.42 Å². The minimum Gasteiger partial charge on any atom is -0.479 e. The smallest absolute Gasteiger partial charge is 0.345 e. The Morgan fingerprint density at radius 1 is 0.535 bits per heavy atom. The summed E-state index contributed by atoms with van der Waals surface area (Å²) in [6, 6.07) is 0. The average Bonchev–Trinajstić information content (AvgIpc) is 3.00. The van der Waals surface area contributed by atoms with Crippen LogP contribution < -0.4 is 0 Å². The van der Waals surface area contributed by atoms with E-state index in [1.165, 1.54) is 51.4 Å². The van der Waals surface area contributed by atoms with Crippen LogP contribution in [-0.2, 0) is 14.3 Å². The Balaban J connectivity index is 3.74. The maximum absolute atomic E-state index is 12.1. The predicted octanol–water partition coefficient (Wildman–Crippen LogP) is 11.9. The summed E-state index contributed by atoms with van der Waals surface area (Å²) in [6.45, 7) is 4.39. The summed E-state index contributed by atoms with van der Waals surface area (Å²) in [5, 5.41) is 9.43. The second kappa shape index (κ2) is 33.9. The number of carboxylic acid groups (broad SMARTS) is 1. The van der Waals surface area contributed by atoms with Crippen molar-refractivity contribution in [2.75, 3.05) is 0 Å². The van der Waals surface area contributed by atoms with E-state index in [0.29, 0.717) is 6.42 Å². The largest absolute Gasteiger partial charge is 0.479 e. The van der Waals surface area contributed by atoms with E-state index < -0.39 is 18.0 Å². The SMILES string of the molecule is CC/C=C\C/C=C\C/C=C\C/C=C\C/C=C\C/C=C\CCCCC(=O)OC(CCCCCCCCCCCCC)C(=O)O. The number of carbonyl (C=O) groups excluding carboxylic acids is 1. The Kier molecular flexibility index (Phi) is 31.8. The van der Waals surface area contributed by atoms with Crippen LogP contribution in [0.1, 0.15) is 155 Å². The van der Waals surface area contributed by atoms with Gasteiger partial charge in [-0.2, -0.15) is 0 Å². The van der Waals surface area contributed by atoms with Crippen molar-refractivity contribution in [1.29, 1.82) is 0 Å². The highest BCUT2D eigenvalue weighted by Gasteiger charge is 2.21. The van der Waals surface area contributed by atoms with Crippen LogP contribution in [0, 0.1) is 0 Å². The molecule has 244 valence electrons. The zero-order chi connectivity index (χ0) is 31.5. The summed E-state index contributed by atoms with van der Waals surface area (Å²) in [7, 11) is 0. The second-order valence-electron chi connectivity index (χ2n) is 11.3. The molecule has 0 heterocycles. The third kappa shape index (κ3) is 32.1. The molecule has 0 aliphatic heterocycles. The lowest BCUT2D eigenvalue weighted by molar-refractivity contribution is -0.164. The van der Waals surface area contributed by atoms with Gasteiger partial charge < -0.3 is 9.84 Å². The molecule has 0 aliphatic carbocycles. The van der Waals surface area contributed by atoms with E-state index in [9.17, 15) is 14.7 Å². The first-order valence-corrected chi connectivity index (χ1v) is 17.4. The average molecular weight is 597 g/mol. The summed E-state index contributed by atoms with van der Waals surface area (Å²) in [5.41, 5.74) is 0. The minimum atomic E-state index is -1.03. The first-order valence-electron chi connectivity index (χ1n) is 17.4. The first kappa shape index (κ1) is 40.4. The fourth-order valence-electron chi connectivity index (χ4n) is 4.62. The number of carbonyl (C=O) groups is 2. The molecule has 1 N–H and O–H groups in total. The summed E-state index contributed by atoms with van der Waals surface area (Å²) in [5.74, 6) is -1.42. The van der Waals surface area contributed by atoms with E-state index in [1.54, 1.807) is 0 Å². The number of allylic oxidation sites excluding steroid dienone is 12. The third-order valence-electron chi connectivity index (χ3n) is 7.22. The molecular weight excluding hydrogens is 532 g/mol. The van der Waals surface area contributed by atoms with Crippen molar-refractivity contribution >= 4 is 11.9 Å². The molecule has 4 nitrogen and oxygen atoms in total. The number of aliphatic carboxylic acids is 1. The zero-order valence-electron chi connectivity index (χ0n) is 27.7. The van der Waals surface area contributed by atoms with Crippen LogP contribution in [0.5, 0.6) is 0 Å². The topological polar surface area (TPSA) is 63.6 Å². The molecule has 0 amide bonds. The predicted molar refractivity (Wildman–Crippen MR) is 185 cm³/mol. The lowest BCUT2D eigenvalue weighted by Crippen LogP contribution is -2.27. The van der Waals surface area contributed by atoms with Crippen LogP contribution in [0.3, 0.4) is 0 Å². The summed E-state index contributed by atoms with van der Waals surface area (Å²) in [6.07, 6.45) is 47.9. The number of hydrogen-bond donors (Lipinski definition) is 1. The van der Waals surface area contributed by atoms with E-state index in [-0.39, 0.29) is 6.42 Å². The van der Waals surface area contributed by atoms with E-state index >= 15 is 0 Å². The van der Waals surface area contributed by atoms with Crippen LogP contribution in [0.4, 0.5) is 0 Å². The highest BCUT2D eigenvalue weighted by Crippen LogP contribution is 2.14. The maximum atomic E-state index is 12.1. The van der Waals surface area contributed by atoms with Crippen molar-refractivity contribution in [2.24, 2.45) is 0 Å². The Labute approximate surface area is 265 Å². The summed E-state index contributed by atoms with van der Waals surface area (Å²) < 4.78 is 5.27. The second-order valence-corrected chi connectivity index (χ2v) is 11.3. The zero-order valence-corrected chi connectivity index (χ0v) is 27.7. The van der Waals surface area contributed by atoms with Gasteiger partial charge in [-0.05, 0) is 70.6 Å². The molecule has 0 aromatic carbocycles. The quantitative estimate of drug-likeness (QED) is 0.0509. The molecule has 43 heavy (non-hydrogen) atoms. The van der Waals surface area contributed by atoms with Gasteiger partial charge in [-0.15, -0.1) is 0 Å². The Bertz CT molecular complexity index is 815. The number of carboxylic acids is 1. The van der Waals surface area contributed by atoms with Crippen LogP contribution in [0.2, 0.25) is 0 Å². The Morgan fingerprint density at radius 2 is 0.953 bits per heavy atom. The van der Waals surface area contributed by atoms with Crippen molar-refractivity contribution in [2.45, 2.75) is 161 Å². The molecule has 0 aromatic heterocycles. The fourth-order valence-corrected chi connectivity index (χ4v) is 4.62. The molecular formula is C39H64O4. The highest BCUT2D eigenvalue weighted by atomic mass is 16.6. The molecule has 0 radical (unpaired) electrons. The van der Waals surface area contributed by atoms with E-state index in [0.717, 1.165) is 77.0 Å². The van der Waals surface area contributed by atoms with Crippen molar-refractivity contribution in [3.05, 3.63) is 72.9 Å². The van der Waals surface area contributed by atoms with Gasteiger partial charge in [-0.25, -0.2) is 4.79 Å². The van der Waals surface area contributed by atoms with Gasteiger partial charge >= 0.3 is 11.9 Å². The first-order chi connectivity index (χ1) is 21.1. The van der Waals surface area contributed by atoms with Crippen molar-refractivity contribution in [3.8, 4) is 0 Å². The monoisotopic (exact) mass is 596 g/mol. The minimum absolute atomic E-state index is 0.282. The van der Waals surface area contributed by atoms with Gasteiger partial charge in [0.2, 0.25) is 0 Å². The molecule has 0 spiro atoms. The van der Waals surface area contributed by atoms with E-state index in [1.807, 2.05) is 0 Å². The molecule has 0 fully saturated rings. The number of hydrogen-bond acceptors (Lipinski definition) is 3. The molecule has 0 saturated heterocycles. The number of rotatable bonds is 30. The fraction of sp³-hybridized carbons (Fsp3) is 0.641. The maximum Gasteiger partial charge on any atom is 0.345 e. The Hall–Kier alpha value is -2.62. The molecule has 0 rings (SSSR count). The Morgan fingerprint density at radius 3 is 1.40 bits per heavy atom. The molecule has 0 saturated carbocycles. The molecule has 4 heteroatoms. The normalized spacial score (nSPS) is 13.2. The number of unbranched alkanes of at least 4 members (excludes halogenated alkanes) is 12. The van der Waals surface area contributed by atoms with Crippen molar-refractivity contribution in [1.82, 2.24) is 0 Å². The standard InChI is InChI=1S/C39H64O4/c1-3-5-7-9-11-13-15-16-17-18-19-20-21-22-23-24-26-28-30-32-34-36-38(40)43-37(39(41)42)35-33-31-29-27-25-14-12-10-8-6-4-2/h5,7,11,13,16-17,19-20,22-23,26,28,37H,3-4,6,8-10,12,14-15,18,21,24-25,27,29-36H2,1-2H3,(H,41,42)/b7-5-,13-11-,17-16-,20-19-,23-22-,28-26-. The van der Waals surface area contributed by atoms with Crippen LogP contribution in [0.25, 0.3) is 0 Å².